The van der Waals surface area contributed by atoms with Gasteiger partial charge < -0.3 is 4.98 Å². The molecular formula is C18H17F2N3O3S. The normalized spacial score (nSPS) is 17.6. The van der Waals surface area contributed by atoms with Gasteiger partial charge in [0.05, 0.1) is 17.0 Å². The summed E-state index contributed by atoms with van der Waals surface area (Å²) in [5, 5.41) is -0.0423. The highest BCUT2D eigenvalue weighted by Gasteiger charge is 2.25. The predicted octanol–water partition coefficient (Wildman–Crippen LogP) is 3.53. The number of anilines is 1. The summed E-state index contributed by atoms with van der Waals surface area (Å²) in [7, 11) is -4.80. The zero-order chi connectivity index (χ0) is 26.6. The van der Waals surface area contributed by atoms with Crippen LogP contribution in [0, 0.1) is 18.5 Å². The molecule has 0 atom stereocenters. The molecule has 1 aromatic carbocycles. The van der Waals surface area contributed by atoms with Crippen LogP contribution < -0.4 is 4.72 Å². The van der Waals surface area contributed by atoms with Crippen LogP contribution in [0.3, 0.4) is 0 Å². The Kier molecular flexibility index (Phi) is 2.91. The van der Waals surface area contributed by atoms with Crippen LogP contribution in [-0.2, 0) is 10.0 Å². The molecule has 0 aliphatic heterocycles. The predicted molar refractivity (Wildman–Crippen MR) is 98.3 cm³/mol. The molecule has 142 valence electrons. The fraction of sp³-hybridized carbons (Fsp3) is 0.222. The summed E-state index contributed by atoms with van der Waals surface area (Å²) in [6, 6.07) is 2.35. The topological polar surface area (TPSA) is 91.9 Å². The van der Waals surface area contributed by atoms with Gasteiger partial charge in [-0.15, -0.1) is 0 Å². The van der Waals surface area contributed by atoms with Crippen molar-refractivity contribution in [3.63, 3.8) is 0 Å². The summed E-state index contributed by atoms with van der Waals surface area (Å²) in [6.07, 6.45) is -1.08. The number of sulfonamides is 1. The highest BCUT2D eigenvalue weighted by atomic mass is 32.2. The Bertz CT molecular complexity index is 1420. The maximum Gasteiger partial charge on any atom is 0.232 e. The molecule has 2 N–H and O–H groups in total. The Labute approximate surface area is 165 Å². The SMILES string of the molecule is [2H]C([2H])([2H])c1cnc2[nH]cc(C(=O)c3c(F)ccc(NS(=O)(=O)CC([2H])([2H])C([2H])([2H])[2H])c3F)c2c1. The van der Waals surface area contributed by atoms with Crippen molar-refractivity contribution in [2.24, 2.45) is 0 Å². The zero-order valence-corrected chi connectivity index (χ0v) is 14.2. The lowest BCUT2D eigenvalue weighted by molar-refractivity contribution is 0.103. The number of carbonyl (C=O) groups excluding carboxylic acids is 1. The number of benzene rings is 1. The van der Waals surface area contributed by atoms with Crippen LogP contribution >= 0.6 is 0 Å². The molecule has 27 heavy (non-hydrogen) atoms. The summed E-state index contributed by atoms with van der Waals surface area (Å²) in [6.45, 7) is -5.88. The molecule has 0 radical (unpaired) electrons. The first kappa shape index (κ1) is 11.1. The Morgan fingerprint density at radius 2 is 2.22 bits per heavy atom. The number of H-pyrrole nitrogens is 1. The van der Waals surface area contributed by atoms with E-state index in [1.165, 1.54) is 0 Å². The number of aromatic amines is 1. The Morgan fingerprint density at radius 3 is 2.96 bits per heavy atom. The second kappa shape index (κ2) is 7.07. The van der Waals surface area contributed by atoms with E-state index in [1.54, 1.807) is 4.72 Å². The minimum atomic E-state index is -4.80. The van der Waals surface area contributed by atoms with Crippen molar-refractivity contribution in [3.8, 4) is 0 Å². The molecule has 0 bridgehead atoms. The lowest BCUT2D eigenvalue weighted by Gasteiger charge is -2.11. The van der Waals surface area contributed by atoms with E-state index in [1.807, 2.05) is 0 Å². The largest absolute Gasteiger partial charge is 0.345 e. The third kappa shape index (κ3) is 3.68. The van der Waals surface area contributed by atoms with Crippen molar-refractivity contribution in [2.75, 3.05) is 10.5 Å². The number of halogens is 2. The molecule has 3 aromatic rings. The maximum absolute atomic E-state index is 15.1. The van der Waals surface area contributed by atoms with E-state index < -0.39 is 64.5 Å². The minimum absolute atomic E-state index is 0.0423. The Hall–Kier alpha value is -2.81. The number of ketones is 1. The van der Waals surface area contributed by atoms with Gasteiger partial charge in [-0.05, 0) is 37.0 Å². The van der Waals surface area contributed by atoms with Gasteiger partial charge in [-0.25, -0.2) is 22.2 Å². The molecule has 0 amide bonds. The first-order valence-corrected chi connectivity index (χ1v) is 9.00. The number of nitrogens with zero attached hydrogens (tertiary/aromatic N) is 1. The third-order valence-corrected chi connectivity index (χ3v) is 4.68. The quantitative estimate of drug-likeness (QED) is 0.618. The van der Waals surface area contributed by atoms with Gasteiger partial charge in [0.2, 0.25) is 15.8 Å². The average Bonchev–Trinajstić information content (AvgIpc) is 3.11. The second-order valence-corrected chi connectivity index (χ2v) is 7.20. The molecule has 6 nitrogen and oxygen atoms in total. The van der Waals surface area contributed by atoms with Gasteiger partial charge in [0, 0.05) is 34.3 Å². The number of aryl methyl sites for hydroxylation is 1. The summed E-state index contributed by atoms with van der Waals surface area (Å²) in [5.74, 6) is -5.82. The minimum Gasteiger partial charge on any atom is -0.345 e. The lowest BCUT2D eigenvalue weighted by Crippen LogP contribution is -2.18. The molecule has 2 aromatic heterocycles. The van der Waals surface area contributed by atoms with E-state index in [-0.39, 0.29) is 22.2 Å². The first-order valence-electron chi connectivity index (χ1n) is 11.3. The molecule has 0 unspecified atom stereocenters. The summed E-state index contributed by atoms with van der Waals surface area (Å²) < 4.78 is 115. The fourth-order valence-electron chi connectivity index (χ4n) is 2.46. The van der Waals surface area contributed by atoms with Gasteiger partial charge in [-0.3, -0.25) is 9.52 Å². The van der Waals surface area contributed by atoms with Crippen molar-refractivity contribution in [2.45, 2.75) is 20.1 Å². The van der Waals surface area contributed by atoms with E-state index in [0.717, 1.165) is 18.5 Å². The van der Waals surface area contributed by atoms with Crippen molar-refractivity contribution < 1.29 is 33.0 Å². The first-order chi connectivity index (χ1) is 15.8. The van der Waals surface area contributed by atoms with Crippen molar-refractivity contribution >= 4 is 32.5 Å². The number of pyridine rings is 1. The molecule has 3 rings (SSSR count). The van der Waals surface area contributed by atoms with Crippen LogP contribution in [0.2, 0.25) is 0 Å². The third-order valence-electron chi connectivity index (χ3n) is 3.62. The summed E-state index contributed by atoms with van der Waals surface area (Å²) >= 11 is 0. The smallest absolute Gasteiger partial charge is 0.232 e. The number of rotatable bonds is 6. The number of carbonyl (C=O) groups is 1. The number of nitrogens with one attached hydrogen (secondary N) is 2. The number of fused-ring (bicyclic) bond motifs is 1. The molecule has 0 aliphatic carbocycles. The van der Waals surface area contributed by atoms with Crippen LogP contribution in [0.15, 0.2) is 30.6 Å². The van der Waals surface area contributed by atoms with E-state index in [9.17, 15) is 17.6 Å². The number of hydrogen-bond donors (Lipinski definition) is 2. The molecule has 0 saturated heterocycles. The maximum atomic E-state index is 15.1. The standard InChI is InChI=1S/C18H17F2N3O3S/c1-3-6-27(25,26)23-14-5-4-13(19)15(16(14)20)17(24)12-9-22-18-11(12)7-10(2)8-21-18/h4-5,7-9,23H,3,6H2,1-2H3,(H,21,22)/i1D3,2D3,3D2. The van der Waals surface area contributed by atoms with Gasteiger partial charge in [0.25, 0.3) is 0 Å². The van der Waals surface area contributed by atoms with Crippen LogP contribution in [0.4, 0.5) is 14.5 Å². The second-order valence-electron chi connectivity index (χ2n) is 5.47. The Morgan fingerprint density at radius 1 is 1.41 bits per heavy atom. The van der Waals surface area contributed by atoms with Crippen LogP contribution in [0.25, 0.3) is 11.0 Å². The van der Waals surface area contributed by atoms with E-state index in [0.29, 0.717) is 12.1 Å². The van der Waals surface area contributed by atoms with Gasteiger partial charge in [0.1, 0.15) is 11.5 Å². The van der Waals surface area contributed by atoms with Crippen molar-refractivity contribution in [1.29, 1.82) is 0 Å². The van der Waals surface area contributed by atoms with E-state index in [4.69, 9.17) is 11.0 Å². The summed E-state index contributed by atoms with van der Waals surface area (Å²) in [5.41, 5.74) is -2.60. The van der Waals surface area contributed by atoms with Crippen LogP contribution in [-0.4, -0.2) is 29.9 Å². The van der Waals surface area contributed by atoms with Gasteiger partial charge in [-0.2, -0.15) is 0 Å². The van der Waals surface area contributed by atoms with Gasteiger partial charge in [-0.1, -0.05) is 6.85 Å². The molecule has 0 aliphatic rings. The molecular weight excluding hydrogens is 376 g/mol. The van der Waals surface area contributed by atoms with Crippen molar-refractivity contribution in [1.82, 2.24) is 9.97 Å². The van der Waals surface area contributed by atoms with E-state index >= 15 is 4.39 Å². The van der Waals surface area contributed by atoms with Crippen LogP contribution in [0.5, 0.6) is 0 Å². The molecule has 0 fully saturated rings. The van der Waals surface area contributed by atoms with Crippen LogP contribution in [0.1, 0.15) is 45.7 Å². The molecule has 9 heteroatoms. The average molecular weight is 401 g/mol. The van der Waals surface area contributed by atoms with Gasteiger partial charge in [0.15, 0.2) is 5.82 Å². The zero-order valence-electron chi connectivity index (χ0n) is 21.4. The lowest BCUT2D eigenvalue weighted by atomic mass is 10.0. The molecule has 2 heterocycles. The fourth-order valence-corrected chi connectivity index (χ4v) is 3.22. The Balaban J connectivity index is 2.03. The monoisotopic (exact) mass is 401 g/mol. The molecule has 0 saturated carbocycles. The van der Waals surface area contributed by atoms with Gasteiger partial charge >= 0.3 is 0 Å². The highest BCUT2D eigenvalue weighted by molar-refractivity contribution is 7.92. The van der Waals surface area contributed by atoms with Crippen molar-refractivity contribution in [3.05, 3.63) is 58.9 Å². The number of aromatic nitrogens is 2. The summed E-state index contributed by atoms with van der Waals surface area (Å²) in [4.78, 5) is 19.5. The molecule has 0 spiro atoms. The van der Waals surface area contributed by atoms with E-state index in [2.05, 4.69) is 9.97 Å². The highest BCUT2D eigenvalue weighted by Crippen LogP contribution is 2.27. The number of hydrogen-bond acceptors (Lipinski definition) is 4.